The molecule has 1 fully saturated rings. The van der Waals surface area contributed by atoms with E-state index in [2.05, 4.69) is 31.9 Å². The molecule has 1 saturated heterocycles. The lowest BCUT2D eigenvalue weighted by molar-refractivity contribution is -0.124. The zero-order valence-electron chi connectivity index (χ0n) is 10.0. The smallest absolute Gasteiger partial charge is 0.319 e. The number of carbonyl (C=O) groups is 2. The Bertz CT molecular complexity index is 510. The van der Waals surface area contributed by atoms with Gasteiger partial charge in [-0.3, -0.25) is 4.79 Å². The van der Waals surface area contributed by atoms with Gasteiger partial charge in [-0.25, -0.2) is 4.79 Å². The highest BCUT2D eigenvalue weighted by atomic mass is 79.9. The first-order valence-electron chi connectivity index (χ1n) is 5.86. The van der Waals surface area contributed by atoms with Crippen LogP contribution in [0.3, 0.4) is 0 Å². The summed E-state index contributed by atoms with van der Waals surface area (Å²) < 4.78 is 0.697. The van der Waals surface area contributed by atoms with Crippen molar-refractivity contribution in [2.45, 2.75) is 18.9 Å². The van der Waals surface area contributed by atoms with E-state index in [1.807, 2.05) is 0 Å². The Balaban J connectivity index is 1.93. The SMILES string of the molecule is O=C(Nc1ccc(Cl)c(Br)c1)NC1CCCNC1=O. The van der Waals surface area contributed by atoms with Gasteiger partial charge in [0.25, 0.3) is 0 Å². The summed E-state index contributed by atoms with van der Waals surface area (Å²) in [4.78, 5) is 23.3. The molecular weight excluding hydrogens is 334 g/mol. The van der Waals surface area contributed by atoms with Crippen molar-refractivity contribution in [3.8, 4) is 0 Å². The number of piperidine rings is 1. The molecule has 3 amide bonds. The van der Waals surface area contributed by atoms with E-state index in [-0.39, 0.29) is 5.91 Å². The van der Waals surface area contributed by atoms with Crippen LogP contribution in [0.25, 0.3) is 0 Å². The quantitative estimate of drug-likeness (QED) is 0.770. The second kappa shape index (κ2) is 6.25. The highest BCUT2D eigenvalue weighted by molar-refractivity contribution is 9.10. The fourth-order valence-electron chi connectivity index (χ4n) is 1.81. The molecule has 1 atom stereocenters. The molecule has 0 saturated carbocycles. The van der Waals surface area contributed by atoms with Crippen LogP contribution in [0.2, 0.25) is 5.02 Å². The Labute approximate surface area is 124 Å². The van der Waals surface area contributed by atoms with Gasteiger partial charge in [-0.1, -0.05) is 11.6 Å². The molecule has 0 aromatic heterocycles. The minimum atomic E-state index is -0.468. The number of rotatable bonds is 2. The van der Waals surface area contributed by atoms with Gasteiger partial charge < -0.3 is 16.0 Å². The highest BCUT2D eigenvalue weighted by Gasteiger charge is 2.23. The van der Waals surface area contributed by atoms with Crippen LogP contribution >= 0.6 is 27.5 Å². The Kier molecular flexibility index (Phi) is 4.66. The van der Waals surface area contributed by atoms with Crippen molar-refractivity contribution in [2.24, 2.45) is 0 Å². The van der Waals surface area contributed by atoms with Crippen molar-refractivity contribution in [3.63, 3.8) is 0 Å². The molecule has 3 N–H and O–H groups in total. The number of nitrogens with one attached hydrogen (secondary N) is 3. The number of urea groups is 1. The molecule has 1 aliphatic heterocycles. The van der Waals surface area contributed by atoms with Crippen molar-refractivity contribution in [1.29, 1.82) is 0 Å². The van der Waals surface area contributed by atoms with Crippen LogP contribution in [0.4, 0.5) is 10.5 Å². The predicted octanol–water partition coefficient (Wildman–Crippen LogP) is 2.50. The van der Waals surface area contributed by atoms with Gasteiger partial charge in [0.1, 0.15) is 6.04 Å². The van der Waals surface area contributed by atoms with Crippen LogP contribution in [0, 0.1) is 0 Å². The van der Waals surface area contributed by atoms with Crippen LogP contribution in [-0.4, -0.2) is 24.5 Å². The minimum absolute atomic E-state index is 0.140. The molecular formula is C12H13BrClN3O2. The number of amides is 3. The van der Waals surface area contributed by atoms with E-state index in [0.29, 0.717) is 28.1 Å². The van der Waals surface area contributed by atoms with E-state index < -0.39 is 12.1 Å². The van der Waals surface area contributed by atoms with Crippen LogP contribution < -0.4 is 16.0 Å². The monoisotopic (exact) mass is 345 g/mol. The Morgan fingerprint density at radius 2 is 2.26 bits per heavy atom. The molecule has 0 spiro atoms. The summed E-state index contributed by atoms with van der Waals surface area (Å²) in [5, 5.41) is 8.58. The maximum Gasteiger partial charge on any atom is 0.319 e. The van der Waals surface area contributed by atoms with Gasteiger partial charge in [-0.05, 0) is 47.0 Å². The summed E-state index contributed by atoms with van der Waals surface area (Å²) >= 11 is 9.14. The van der Waals surface area contributed by atoms with Crippen molar-refractivity contribution in [1.82, 2.24) is 10.6 Å². The third-order valence-electron chi connectivity index (χ3n) is 2.77. The molecule has 1 aromatic rings. The summed E-state index contributed by atoms with van der Waals surface area (Å²) in [5.41, 5.74) is 0.602. The largest absolute Gasteiger partial charge is 0.354 e. The summed E-state index contributed by atoms with van der Waals surface area (Å²) in [6.45, 7) is 0.669. The molecule has 0 radical (unpaired) electrons. The van der Waals surface area contributed by atoms with E-state index >= 15 is 0 Å². The van der Waals surface area contributed by atoms with Crippen molar-refractivity contribution in [3.05, 3.63) is 27.7 Å². The van der Waals surface area contributed by atoms with E-state index in [4.69, 9.17) is 11.6 Å². The highest BCUT2D eigenvalue weighted by Crippen LogP contribution is 2.25. The number of hydrogen-bond acceptors (Lipinski definition) is 2. The van der Waals surface area contributed by atoms with Crippen LogP contribution in [0.1, 0.15) is 12.8 Å². The second-order valence-electron chi connectivity index (χ2n) is 4.21. The predicted molar refractivity (Wildman–Crippen MR) is 77.3 cm³/mol. The van der Waals surface area contributed by atoms with E-state index in [0.717, 1.165) is 6.42 Å². The first-order chi connectivity index (χ1) is 9.06. The molecule has 1 unspecified atom stereocenters. The molecule has 2 rings (SSSR count). The van der Waals surface area contributed by atoms with Gasteiger partial charge in [0.2, 0.25) is 5.91 Å². The molecule has 1 heterocycles. The topological polar surface area (TPSA) is 70.2 Å². The Morgan fingerprint density at radius 3 is 2.95 bits per heavy atom. The van der Waals surface area contributed by atoms with Gasteiger partial charge in [-0.2, -0.15) is 0 Å². The standard InChI is InChI=1S/C12H13BrClN3O2/c13-8-6-7(3-4-9(8)14)16-12(19)17-10-2-1-5-15-11(10)18/h3-4,6,10H,1-2,5H2,(H,15,18)(H2,16,17,19). The normalized spacial score (nSPS) is 18.6. The lowest BCUT2D eigenvalue weighted by Gasteiger charge is -2.22. The maximum absolute atomic E-state index is 11.8. The molecule has 7 heteroatoms. The molecule has 19 heavy (non-hydrogen) atoms. The number of benzene rings is 1. The summed E-state index contributed by atoms with van der Waals surface area (Å²) in [6, 6.07) is 4.19. The van der Waals surface area contributed by atoms with Gasteiger partial charge in [-0.15, -0.1) is 0 Å². The Hall–Kier alpha value is -1.27. The van der Waals surface area contributed by atoms with E-state index in [1.54, 1.807) is 18.2 Å². The zero-order chi connectivity index (χ0) is 13.8. The summed E-state index contributed by atoms with van der Waals surface area (Å²) in [7, 11) is 0. The fraction of sp³-hybridized carbons (Fsp3) is 0.333. The first-order valence-corrected chi connectivity index (χ1v) is 7.03. The second-order valence-corrected chi connectivity index (χ2v) is 5.47. The maximum atomic E-state index is 11.8. The van der Waals surface area contributed by atoms with Crippen LogP contribution in [-0.2, 0) is 4.79 Å². The van der Waals surface area contributed by atoms with Gasteiger partial charge in [0, 0.05) is 16.7 Å². The molecule has 1 aliphatic rings. The molecule has 102 valence electrons. The summed E-state index contributed by atoms with van der Waals surface area (Å²) in [6.07, 6.45) is 1.52. The first kappa shape index (κ1) is 14.1. The fourth-order valence-corrected chi connectivity index (χ4v) is 2.31. The van der Waals surface area contributed by atoms with Crippen molar-refractivity contribution >= 4 is 45.2 Å². The molecule has 0 aliphatic carbocycles. The van der Waals surface area contributed by atoms with Gasteiger partial charge >= 0.3 is 6.03 Å². The van der Waals surface area contributed by atoms with Crippen molar-refractivity contribution in [2.75, 3.05) is 11.9 Å². The third kappa shape index (κ3) is 3.84. The average Bonchev–Trinajstić information content (AvgIpc) is 2.37. The number of anilines is 1. The minimum Gasteiger partial charge on any atom is -0.354 e. The van der Waals surface area contributed by atoms with E-state index in [9.17, 15) is 9.59 Å². The van der Waals surface area contributed by atoms with E-state index in [1.165, 1.54) is 0 Å². The summed E-state index contributed by atoms with van der Waals surface area (Å²) in [5.74, 6) is -0.140. The average molecular weight is 347 g/mol. The van der Waals surface area contributed by atoms with Crippen LogP contribution in [0.15, 0.2) is 22.7 Å². The lowest BCUT2D eigenvalue weighted by Crippen LogP contribution is -2.51. The molecule has 0 bridgehead atoms. The zero-order valence-corrected chi connectivity index (χ0v) is 12.3. The van der Waals surface area contributed by atoms with Crippen molar-refractivity contribution < 1.29 is 9.59 Å². The molecule has 1 aromatic carbocycles. The Morgan fingerprint density at radius 1 is 1.47 bits per heavy atom. The number of halogens is 2. The van der Waals surface area contributed by atoms with Crippen LogP contribution in [0.5, 0.6) is 0 Å². The number of carbonyl (C=O) groups excluding carboxylic acids is 2. The molecule has 5 nitrogen and oxygen atoms in total. The van der Waals surface area contributed by atoms with Gasteiger partial charge in [0.15, 0.2) is 0 Å². The lowest BCUT2D eigenvalue weighted by atomic mass is 10.1. The van der Waals surface area contributed by atoms with Gasteiger partial charge in [0.05, 0.1) is 5.02 Å². The number of hydrogen-bond donors (Lipinski definition) is 3. The third-order valence-corrected chi connectivity index (χ3v) is 3.98.